The SMILES string of the molecule is CC(=O)O.CC(C)C[C@H](NC(=O)[C@@H]1CCCN1C(=O)[C@@H](NC(=O)[C@@H]1CCCN1C(=O)[C@H](CCC(=O)O)NC(=O)CNC(=O)[C@H](C)NC(=O)[C@@H]1CCCN1)C(C)C)C(=O)N[C@H](C(=O)N[C@@H](CCCCN)C(=O)N[C@@H](CCC(N)=O)C(=O)N[C@@H](CC(=O)O)C(=O)O)C(C)C. The number of amides is 12. The molecule has 0 aromatic heterocycles. The molecule has 0 radical (unpaired) electrons. The molecule has 11 atom stereocenters. The van der Waals surface area contributed by atoms with E-state index in [2.05, 4.69) is 47.9 Å². The summed E-state index contributed by atoms with van der Waals surface area (Å²) in [5.74, 6) is -16.2. The van der Waals surface area contributed by atoms with Crippen LogP contribution in [0.25, 0.3) is 0 Å². The molecule has 0 bridgehead atoms. The topological polar surface area (TPSA) is 533 Å². The molecule has 3 fully saturated rings. The number of carbonyl (C=O) groups excluding carboxylic acids is 12. The molecule has 0 unspecified atom stereocenters. The number of hydrogen-bond donors (Lipinski definition) is 16. The van der Waals surface area contributed by atoms with Crippen LogP contribution < -0.4 is 64.6 Å². The second kappa shape index (κ2) is 39.6. The van der Waals surface area contributed by atoms with Gasteiger partial charge in [-0.1, -0.05) is 41.5 Å². The zero-order chi connectivity index (χ0) is 69.7. The number of carboxylic acids is 4. The van der Waals surface area contributed by atoms with Crippen LogP contribution in [0.4, 0.5) is 0 Å². The van der Waals surface area contributed by atoms with Crippen LogP contribution in [-0.4, -0.2) is 224 Å². The Hall–Kier alpha value is -8.56. The zero-order valence-electron chi connectivity index (χ0n) is 53.6. The molecular weight excluding hydrogens is 1210 g/mol. The highest BCUT2D eigenvalue weighted by atomic mass is 16.4. The minimum atomic E-state index is -1.91. The Morgan fingerprint density at radius 3 is 1.54 bits per heavy atom. The Kier molecular flexibility index (Phi) is 34.3. The van der Waals surface area contributed by atoms with Crippen molar-refractivity contribution in [2.24, 2.45) is 29.2 Å². The van der Waals surface area contributed by atoms with E-state index in [1.807, 2.05) is 5.32 Å². The monoisotopic (exact) mass is 1310 g/mol. The van der Waals surface area contributed by atoms with Crippen LogP contribution in [0, 0.1) is 17.8 Å². The first kappa shape index (κ1) is 79.5. The molecule has 3 aliphatic heterocycles. The number of unbranched alkanes of at least 4 members (excludes halogenated alkanes) is 1. The van der Waals surface area contributed by atoms with Crippen LogP contribution >= 0.6 is 0 Å². The molecule has 0 spiro atoms. The van der Waals surface area contributed by atoms with Crippen LogP contribution in [-0.2, 0) is 76.7 Å². The highest BCUT2D eigenvalue weighted by Gasteiger charge is 2.44. The zero-order valence-corrected chi connectivity index (χ0v) is 53.6. The lowest BCUT2D eigenvalue weighted by Crippen LogP contribution is -2.61. The van der Waals surface area contributed by atoms with Gasteiger partial charge >= 0.3 is 17.9 Å². The van der Waals surface area contributed by atoms with Gasteiger partial charge in [0.2, 0.25) is 70.9 Å². The summed E-state index contributed by atoms with van der Waals surface area (Å²) >= 11 is 0. The van der Waals surface area contributed by atoms with Crippen molar-refractivity contribution >= 4 is 94.8 Å². The van der Waals surface area contributed by atoms with E-state index in [0.717, 1.165) is 13.3 Å². The number of nitrogens with zero attached hydrogens (tertiary/aromatic N) is 2. The Labute approximate surface area is 533 Å². The van der Waals surface area contributed by atoms with Gasteiger partial charge in [0.25, 0.3) is 5.97 Å². The van der Waals surface area contributed by atoms with E-state index in [1.165, 1.54) is 16.7 Å². The van der Waals surface area contributed by atoms with Crippen molar-refractivity contribution in [1.82, 2.24) is 63.0 Å². The van der Waals surface area contributed by atoms with Crippen molar-refractivity contribution in [1.29, 1.82) is 0 Å². The minimum Gasteiger partial charge on any atom is -0.481 e. The number of nitrogens with two attached hydrogens (primary N) is 2. The molecule has 18 N–H and O–H groups in total. The average Bonchev–Trinajstić information content (AvgIpc) is 1.62. The van der Waals surface area contributed by atoms with E-state index in [9.17, 15) is 87.2 Å². The third-order valence-corrected chi connectivity index (χ3v) is 15.2. The van der Waals surface area contributed by atoms with Gasteiger partial charge in [0, 0.05) is 32.9 Å². The predicted octanol–water partition coefficient (Wildman–Crippen LogP) is -4.00. The molecule has 3 heterocycles. The van der Waals surface area contributed by atoms with Gasteiger partial charge in [0.05, 0.1) is 19.0 Å². The highest BCUT2D eigenvalue weighted by molar-refractivity contribution is 6.00. The Morgan fingerprint density at radius 1 is 0.522 bits per heavy atom. The normalized spacial score (nSPS) is 18.6. The maximum absolute atomic E-state index is 14.5. The minimum absolute atomic E-state index is 0.0386. The van der Waals surface area contributed by atoms with Crippen molar-refractivity contribution in [3.63, 3.8) is 0 Å². The second-order valence-electron chi connectivity index (χ2n) is 24.1. The first-order valence-electron chi connectivity index (χ1n) is 31.0. The summed E-state index contributed by atoms with van der Waals surface area (Å²) in [4.78, 5) is 209. The van der Waals surface area contributed by atoms with E-state index in [0.29, 0.717) is 32.2 Å². The molecule has 0 aromatic carbocycles. The summed E-state index contributed by atoms with van der Waals surface area (Å²) in [6.07, 6.45) is 0.213. The second-order valence-corrected chi connectivity index (χ2v) is 24.1. The van der Waals surface area contributed by atoms with Gasteiger partial charge in [-0.05, 0) is 115 Å². The van der Waals surface area contributed by atoms with E-state index in [1.54, 1.807) is 41.5 Å². The van der Waals surface area contributed by atoms with E-state index >= 15 is 0 Å². The fraction of sp³-hybridized carbons (Fsp3) is 0.724. The number of primary amides is 1. The quantitative estimate of drug-likeness (QED) is 0.0264. The van der Waals surface area contributed by atoms with Gasteiger partial charge in [0.1, 0.15) is 60.4 Å². The van der Waals surface area contributed by atoms with E-state index < -0.39 is 199 Å². The summed E-state index contributed by atoms with van der Waals surface area (Å²) < 4.78 is 0. The third kappa shape index (κ3) is 27.5. The highest BCUT2D eigenvalue weighted by Crippen LogP contribution is 2.24. The number of aliphatic carboxylic acids is 4. The molecule has 0 saturated carbocycles. The number of rotatable bonds is 37. The molecule has 3 rings (SSSR count). The maximum atomic E-state index is 14.5. The van der Waals surface area contributed by atoms with Gasteiger partial charge < -0.3 is 94.9 Å². The molecule has 0 aromatic rings. The lowest BCUT2D eigenvalue weighted by molar-refractivity contribution is -0.147. The van der Waals surface area contributed by atoms with Crippen LogP contribution in [0.15, 0.2) is 0 Å². The standard InChI is InChI=1S/C56H92N14O18.C2H4O2/c1-28(2)25-36(50(81)67-44(29(3)4)53(84)64-33(13-8-9-21-57)48(79)63-34(17-19-40(58)71)49(80)66-37(56(87)88)26-43(75)76)65-51(82)38-15-12-24-70(38)55(86)45(30(5)6)68-52(83)39-16-11-23-69(39)54(85)35(18-20-42(73)74)62-41(72)27-60-46(77)31(7)61-47(78)32-14-10-22-59-32;1-2(3)4/h28-39,44-45,59H,8-27,57H2,1-7H3,(H2,58,71)(H,60,77)(H,61,78)(H,62,72)(H,63,79)(H,64,84)(H,65,82)(H,66,80)(H,67,81)(H,68,83)(H,73,74)(H,75,76)(H,87,88);1H3,(H,3,4)/t31-,32-,33-,34-,35-,36-,37-,38-,39-,44-,45-;/m0./s1. The Morgan fingerprint density at radius 2 is 1.04 bits per heavy atom. The Bertz CT molecular complexity index is 2630. The summed E-state index contributed by atoms with van der Waals surface area (Å²) in [7, 11) is 0. The lowest BCUT2D eigenvalue weighted by Gasteiger charge is -2.33. The number of likely N-dealkylation sites (tertiary alicyclic amines) is 2. The lowest BCUT2D eigenvalue weighted by atomic mass is 9.98. The van der Waals surface area contributed by atoms with Crippen LogP contribution in [0.5, 0.6) is 0 Å². The van der Waals surface area contributed by atoms with Gasteiger partial charge in [-0.25, -0.2) is 4.79 Å². The van der Waals surface area contributed by atoms with E-state index in [4.69, 9.17) is 21.4 Å². The Balaban J connectivity index is 0.00000699. The van der Waals surface area contributed by atoms with Crippen molar-refractivity contribution < 1.29 is 97.1 Å². The summed E-state index contributed by atoms with van der Waals surface area (Å²) in [5, 5.41) is 61.3. The first-order chi connectivity index (χ1) is 43.1. The fourth-order valence-electron chi connectivity index (χ4n) is 10.4. The molecule has 518 valence electrons. The molecule has 3 aliphatic rings. The molecule has 3 saturated heterocycles. The maximum Gasteiger partial charge on any atom is 0.326 e. The van der Waals surface area contributed by atoms with E-state index in [-0.39, 0.29) is 70.0 Å². The average molecular weight is 1310 g/mol. The first-order valence-corrected chi connectivity index (χ1v) is 31.0. The largest absolute Gasteiger partial charge is 0.481 e. The third-order valence-electron chi connectivity index (χ3n) is 15.2. The molecule has 34 heteroatoms. The number of hydrogen-bond acceptors (Lipinski definition) is 18. The predicted molar refractivity (Wildman–Crippen MR) is 325 cm³/mol. The molecule has 12 amide bonds. The number of carbonyl (C=O) groups is 16. The van der Waals surface area contributed by atoms with Gasteiger partial charge in [-0.15, -0.1) is 0 Å². The van der Waals surface area contributed by atoms with Crippen molar-refractivity contribution in [3.05, 3.63) is 0 Å². The van der Waals surface area contributed by atoms with Crippen molar-refractivity contribution in [2.75, 3.05) is 32.7 Å². The fourth-order valence-corrected chi connectivity index (χ4v) is 10.4. The van der Waals surface area contributed by atoms with Crippen LogP contribution in [0.1, 0.15) is 152 Å². The van der Waals surface area contributed by atoms with Gasteiger partial charge in [-0.3, -0.25) is 71.9 Å². The smallest absolute Gasteiger partial charge is 0.326 e. The molecule has 92 heavy (non-hydrogen) atoms. The summed E-state index contributed by atoms with van der Waals surface area (Å²) in [6.45, 7) is 13.0. The summed E-state index contributed by atoms with van der Waals surface area (Å²) in [5.41, 5.74) is 11.0. The number of carboxylic acid groups (broad SMARTS) is 4. The molecular formula is C58H96N14O20. The molecule has 34 nitrogen and oxygen atoms in total. The van der Waals surface area contributed by atoms with Crippen LogP contribution in [0.3, 0.4) is 0 Å². The van der Waals surface area contributed by atoms with Gasteiger partial charge in [-0.2, -0.15) is 0 Å². The van der Waals surface area contributed by atoms with Gasteiger partial charge in [0.15, 0.2) is 0 Å². The van der Waals surface area contributed by atoms with Crippen molar-refractivity contribution in [2.45, 2.75) is 218 Å². The molecule has 0 aliphatic carbocycles. The summed E-state index contributed by atoms with van der Waals surface area (Å²) in [6, 6.07) is -14.0. The van der Waals surface area contributed by atoms with Crippen molar-refractivity contribution in [3.8, 4) is 0 Å². The number of nitrogens with one attached hydrogen (secondary N) is 10. The van der Waals surface area contributed by atoms with Crippen LogP contribution in [0.2, 0.25) is 0 Å².